The van der Waals surface area contributed by atoms with Crippen molar-refractivity contribution in [2.24, 2.45) is 0 Å². The first-order valence-corrected chi connectivity index (χ1v) is 12.8. The van der Waals surface area contributed by atoms with Crippen molar-refractivity contribution in [2.75, 3.05) is 13.2 Å². The molecule has 1 saturated heterocycles. The molecule has 0 aromatic heterocycles. The van der Waals surface area contributed by atoms with Crippen molar-refractivity contribution in [3.63, 3.8) is 0 Å². The Labute approximate surface area is 227 Å². The van der Waals surface area contributed by atoms with Gasteiger partial charge in [-0.25, -0.2) is 9.59 Å². The fourth-order valence-corrected chi connectivity index (χ4v) is 5.10. The minimum atomic E-state index is -1.43. The van der Waals surface area contributed by atoms with E-state index in [0.717, 1.165) is 27.2 Å². The molecule has 0 bridgehead atoms. The maximum Gasteiger partial charge on any atom is 0.407 e. The van der Waals surface area contributed by atoms with Crippen LogP contribution in [0.25, 0.3) is 11.1 Å². The topological polar surface area (TPSA) is 131 Å². The van der Waals surface area contributed by atoms with Crippen molar-refractivity contribution in [2.45, 2.75) is 70.4 Å². The van der Waals surface area contributed by atoms with Crippen molar-refractivity contribution in [3.05, 3.63) is 59.7 Å². The number of aliphatic carboxylic acids is 1. The van der Waals surface area contributed by atoms with Gasteiger partial charge in [0, 0.05) is 5.92 Å². The van der Waals surface area contributed by atoms with Crippen LogP contribution in [0.2, 0.25) is 0 Å². The van der Waals surface area contributed by atoms with Gasteiger partial charge in [0.05, 0.1) is 13.0 Å². The Balaban J connectivity index is 1.52. The zero-order valence-electron chi connectivity index (χ0n) is 22.7. The highest BCUT2D eigenvalue weighted by molar-refractivity contribution is 5.93. The molecule has 2 aromatic rings. The summed E-state index contributed by atoms with van der Waals surface area (Å²) >= 11 is 0. The number of ether oxygens (including phenoxy) is 3. The van der Waals surface area contributed by atoms with E-state index in [1.54, 1.807) is 34.6 Å². The third kappa shape index (κ3) is 6.06. The summed E-state index contributed by atoms with van der Waals surface area (Å²) in [5, 5.41) is 12.1. The second kappa shape index (κ2) is 10.7. The van der Waals surface area contributed by atoms with Crippen molar-refractivity contribution in [1.82, 2.24) is 10.2 Å². The van der Waals surface area contributed by atoms with Crippen molar-refractivity contribution < 1.29 is 38.5 Å². The van der Waals surface area contributed by atoms with E-state index in [4.69, 9.17) is 14.2 Å². The summed E-state index contributed by atoms with van der Waals surface area (Å²) in [7, 11) is 0. The number of hydrogen-bond acceptors (Lipinski definition) is 7. The standard InChI is InChI=1S/C29H34N2O8/c1-28(2,3)39-24(32)14-22(25(33)31-23(26(34)35)16-38-29(31,4)5)30-27(36)37-15-21-19-12-8-6-10-17(19)18-11-7-9-13-20(18)21/h6-13,21-23H,14-16H2,1-5H3,(H,30,36)(H,34,35)/t22-,23-/m0/s1. The number of carboxylic acid groups (broad SMARTS) is 1. The molecule has 10 nitrogen and oxygen atoms in total. The maximum absolute atomic E-state index is 13.6. The highest BCUT2D eigenvalue weighted by atomic mass is 16.6. The lowest BCUT2D eigenvalue weighted by Crippen LogP contribution is -2.58. The average molecular weight is 539 g/mol. The van der Waals surface area contributed by atoms with Crippen LogP contribution in [-0.4, -0.2) is 70.6 Å². The van der Waals surface area contributed by atoms with Gasteiger partial charge in [-0.05, 0) is 56.9 Å². The molecule has 2 atom stereocenters. The molecular weight excluding hydrogens is 504 g/mol. The fraction of sp³-hybridized carbons (Fsp3) is 0.448. The molecule has 1 fully saturated rings. The first-order valence-electron chi connectivity index (χ1n) is 12.8. The van der Waals surface area contributed by atoms with Gasteiger partial charge in [0.25, 0.3) is 0 Å². The SMILES string of the molecule is CC(C)(C)OC(=O)C[C@H](NC(=O)OCC1c2ccccc2-c2ccccc21)C(=O)N1[C@H](C(=O)O)COC1(C)C. The van der Waals surface area contributed by atoms with Crippen LogP contribution in [0.15, 0.2) is 48.5 Å². The molecule has 10 heteroatoms. The number of esters is 1. The molecule has 4 rings (SSSR count). The predicted octanol–water partition coefficient (Wildman–Crippen LogP) is 3.67. The number of nitrogens with one attached hydrogen (secondary N) is 1. The first-order chi connectivity index (χ1) is 18.3. The number of carbonyl (C=O) groups is 4. The Morgan fingerprint density at radius 2 is 1.62 bits per heavy atom. The smallest absolute Gasteiger partial charge is 0.407 e. The Bertz CT molecular complexity index is 1240. The van der Waals surface area contributed by atoms with Crippen LogP contribution in [0.1, 0.15) is 58.1 Å². The Morgan fingerprint density at radius 3 is 2.15 bits per heavy atom. The van der Waals surface area contributed by atoms with Crippen LogP contribution < -0.4 is 5.32 Å². The predicted molar refractivity (Wildman–Crippen MR) is 141 cm³/mol. The van der Waals surface area contributed by atoms with Crippen LogP contribution in [0.4, 0.5) is 4.79 Å². The molecule has 0 spiro atoms. The molecule has 208 valence electrons. The second-order valence-electron chi connectivity index (χ2n) is 11.1. The molecule has 0 radical (unpaired) electrons. The highest BCUT2D eigenvalue weighted by Crippen LogP contribution is 2.44. The monoisotopic (exact) mass is 538 g/mol. The molecule has 2 aromatic carbocycles. The summed E-state index contributed by atoms with van der Waals surface area (Å²) in [6, 6.07) is 13.0. The van der Waals surface area contributed by atoms with Crippen LogP contribution in [0, 0.1) is 0 Å². The summed E-state index contributed by atoms with van der Waals surface area (Å²) in [6.45, 7) is 7.91. The van der Waals surface area contributed by atoms with Gasteiger partial charge in [-0.3, -0.25) is 14.5 Å². The second-order valence-corrected chi connectivity index (χ2v) is 11.1. The summed E-state index contributed by atoms with van der Waals surface area (Å²) in [6.07, 6.45) is -1.43. The van der Waals surface area contributed by atoms with Gasteiger partial charge in [0.15, 0.2) is 6.04 Å². The molecule has 2 amide bonds. The minimum Gasteiger partial charge on any atom is -0.480 e. The number of amides is 2. The highest BCUT2D eigenvalue weighted by Gasteiger charge is 2.49. The Kier molecular flexibility index (Phi) is 7.70. The Hall–Kier alpha value is -3.92. The molecule has 39 heavy (non-hydrogen) atoms. The maximum atomic E-state index is 13.6. The summed E-state index contributed by atoms with van der Waals surface area (Å²) < 4.78 is 16.5. The molecule has 1 heterocycles. The van der Waals surface area contributed by atoms with E-state index in [1.807, 2.05) is 48.5 Å². The largest absolute Gasteiger partial charge is 0.480 e. The van der Waals surface area contributed by atoms with Crippen LogP contribution in [-0.2, 0) is 28.6 Å². The number of carbonyl (C=O) groups excluding carboxylic acids is 3. The van der Waals surface area contributed by atoms with Gasteiger partial charge in [0.1, 0.15) is 24.0 Å². The summed E-state index contributed by atoms with van der Waals surface area (Å²) in [5.74, 6) is -2.98. The molecular formula is C29H34N2O8. The number of nitrogens with zero attached hydrogens (tertiary/aromatic N) is 1. The number of benzene rings is 2. The van der Waals surface area contributed by atoms with Crippen molar-refractivity contribution in [3.8, 4) is 11.1 Å². The van der Waals surface area contributed by atoms with Gasteiger partial charge >= 0.3 is 18.0 Å². The number of alkyl carbamates (subject to hydrolysis) is 1. The van der Waals surface area contributed by atoms with E-state index in [0.29, 0.717) is 0 Å². The lowest BCUT2D eigenvalue weighted by molar-refractivity contribution is -0.162. The summed E-state index contributed by atoms with van der Waals surface area (Å²) in [4.78, 5) is 52.1. The molecule has 1 aliphatic heterocycles. The zero-order chi connectivity index (χ0) is 28.5. The van der Waals surface area contributed by atoms with Gasteiger partial charge in [-0.1, -0.05) is 48.5 Å². The Morgan fingerprint density at radius 1 is 1.05 bits per heavy atom. The van der Waals surface area contributed by atoms with E-state index < -0.39 is 53.8 Å². The third-order valence-electron chi connectivity index (χ3n) is 6.73. The quantitative estimate of drug-likeness (QED) is 0.511. The molecule has 1 aliphatic carbocycles. The number of fused-ring (bicyclic) bond motifs is 3. The van der Waals surface area contributed by atoms with Crippen molar-refractivity contribution >= 4 is 23.9 Å². The molecule has 2 aliphatic rings. The van der Waals surface area contributed by atoms with Crippen molar-refractivity contribution in [1.29, 1.82) is 0 Å². The van der Waals surface area contributed by atoms with Gasteiger partial charge in [0.2, 0.25) is 5.91 Å². The third-order valence-corrected chi connectivity index (χ3v) is 6.73. The van der Waals surface area contributed by atoms with E-state index in [2.05, 4.69) is 5.32 Å². The molecule has 2 N–H and O–H groups in total. The van der Waals surface area contributed by atoms with Crippen LogP contribution in [0.5, 0.6) is 0 Å². The fourth-order valence-electron chi connectivity index (χ4n) is 5.10. The lowest BCUT2D eigenvalue weighted by atomic mass is 9.98. The number of carboxylic acids is 1. The molecule has 0 saturated carbocycles. The van der Waals surface area contributed by atoms with E-state index in [-0.39, 0.29) is 19.1 Å². The average Bonchev–Trinajstić information content (AvgIpc) is 3.34. The zero-order valence-corrected chi connectivity index (χ0v) is 22.7. The minimum absolute atomic E-state index is 0.00325. The van der Waals surface area contributed by atoms with Gasteiger partial charge < -0.3 is 24.6 Å². The molecule has 0 unspecified atom stereocenters. The number of hydrogen-bond donors (Lipinski definition) is 2. The van der Waals surface area contributed by atoms with Gasteiger partial charge in [-0.15, -0.1) is 0 Å². The van der Waals surface area contributed by atoms with E-state index in [9.17, 15) is 24.3 Å². The van der Waals surface area contributed by atoms with Gasteiger partial charge in [-0.2, -0.15) is 0 Å². The first kappa shape index (κ1) is 28.1. The van der Waals surface area contributed by atoms with E-state index >= 15 is 0 Å². The lowest BCUT2D eigenvalue weighted by Gasteiger charge is -2.35. The van der Waals surface area contributed by atoms with Crippen LogP contribution in [0.3, 0.4) is 0 Å². The summed E-state index contributed by atoms with van der Waals surface area (Å²) in [5.41, 5.74) is 2.08. The van der Waals surface area contributed by atoms with E-state index in [1.165, 1.54) is 0 Å². The normalized spacial score (nSPS) is 18.6. The number of rotatable bonds is 7. The van der Waals surface area contributed by atoms with Crippen LogP contribution >= 0.6 is 0 Å².